The summed E-state index contributed by atoms with van der Waals surface area (Å²) in [5.74, 6) is -0.0611. The van der Waals surface area contributed by atoms with Crippen molar-refractivity contribution in [1.82, 2.24) is 14.6 Å². The molecular formula is C41H43ClN4O5S2. The van der Waals surface area contributed by atoms with Gasteiger partial charge < -0.3 is 14.6 Å². The van der Waals surface area contributed by atoms with Gasteiger partial charge in [0, 0.05) is 88.6 Å². The molecule has 7 rings (SSSR count). The number of aromatic amines is 1. The lowest BCUT2D eigenvalue weighted by Crippen LogP contribution is -2.47. The molecule has 2 heterocycles. The van der Waals surface area contributed by atoms with E-state index < -0.39 is 26.7 Å². The number of H-pyrrole nitrogens is 1. The maximum atomic E-state index is 13.6. The summed E-state index contributed by atoms with van der Waals surface area (Å²) >= 11 is 6.22. The Morgan fingerprint density at radius 3 is 2.40 bits per heavy atom. The number of piperazine rings is 1. The van der Waals surface area contributed by atoms with Crippen molar-refractivity contribution in [3.05, 3.63) is 119 Å². The first-order chi connectivity index (χ1) is 25.3. The first kappa shape index (κ1) is 36.9. The summed E-state index contributed by atoms with van der Waals surface area (Å²) in [5.41, 5.74) is 6.34. The largest absolute Gasteiger partial charge is 0.456 e. The van der Waals surface area contributed by atoms with E-state index in [4.69, 9.17) is 16.3 Å². The van der Waals surface area contributed by atoms with Crippen LogP contribution in [0.2, 0.25) is 5.02 Å². The zero-order valence-corrected chi connectivity index (χ0v) is 32.4. The van der Waals surface area contributed by atoms with Gasteiger partial charge in [0.1, 0.15) is 11.5 Å². The number of carbonyl (C=O) groups is 1. The molecule has 1 aliphatic carbocycles. The smallest absolute Gasteiger partial charge is 0.268 e. The van der Waals surface area contributed by atoms with Crippen LogP contribution in [0.5, 0.6) is 11.5 Å². The second-order valence-electron chi connectivity index (χ2n) is 14.6. The van der Waals surface area contributed by atoms with Crippen LogP contribution in [0, 0.1) is 5.41 Å². The molecule has 1 saturated heterocycles. The van der Waals surface area contributed by atoms with Gasteiger partial charge in [-0.3, -0.25) is 13.9 Å². The summed E-state index contributed by atoms with van der Waals surface area (Å²) in [5, 5.41) is 1.69. The molecule has 4 aromatic carbocycles. The third-order valence-corrected chi connectivity index (χ3v) is 12.7. The first-order valence-corrected chi connectivity index (χ1v) is 21.1. The highest BCUT2D eigenvalue weighted by atomic mass is 35.5. The molecule has 2 N–H and O–H groups in total. The SMILES string of the molecule is CS(=O)c1ccc(S(=O)(=O)NC(=O)c2ccc(N3CCN(CC4=C(c5ccc(Cl)cc5)CC(C)(C)CC4)CC3)cc2Oc2ccc3[nH]ccc3c2)cc1. The standard InChI is InChI=1S/C41H43ClN4O5S2/c1-41(2)18-16-30(37(26-41)28-4-6-31(42)7-5-28)27-45-20-22-46(23-21-45)32-8-14-36(39(25-32)51-33-9-15-38-29(24-33)17-19-43-38)40(47)44-53(49,50)35-12-10-34(11-13-35)52(3)48/h4-15,17,19,24-25,43H,16,18,20-23,26-27H2,1-3H3,(H,44,47). The Balaban J connectivity index is 1.11. The fourth-order valence-electron chi connectivity index (χ4n) is 7.15. The summed E-state index contributed by atoms with van der Waals surface area (Å²) in [6.07, 6.45) is 6.63. The predicted octanol–water partition coefficient (Wildman–Crippen LogP) is 8.26. The zero-order chi connectivity index (χ0) is 37.3. The molecule has 1 aromatic heterocycles. The molecule has 1 fully saturated rings. The second-order valence-corrected chi connectivity index (χ2v) is 18.1. The number of rotatable bonds is 10. The third-order valence-electron chi connectivity index (χ3n) is 10.2. The second kappa shape index (κ2) is 15.1. The van der Waals surface area contributed by atoms with E-state index in [2.05, 4.69) is 45.5 Å². The number of allylic oxidation sites excluding steroid dienone is 1. The first-order valence-electron chi connectivity index (χ1n) is 17.7. The molecule has 0 spiro atoms. The average molecular weight is 771 g/mol. The highest BCUT2D eigenvalue weighted by molar-refractivity contribution is 7.90. The molecule has 0 radical (unpaired) electrons. The van der Waals surface area contributed by atoms with Crippen molar-refractivity contribution in [3.63, 3.8) is 0 Å². The van der Waals surface area contributed by atoms with E-state index in [1.54, 1.807) is 12.1 Å². The van der Waals surface area contributed by atoms with Crippen LogP contribution < -0.4 is 14.4 Å². The molecule has 2 aliphatic rings. The number of aromatic nitrogens is 1. The van der Waals surface area contributed by atoms with Crippen molar-refractivity contribution < 1.29 is 22.2 Å². The van der Waals surface area contributed by atoms with Crippen molar-refractivity contribution >= 4 is 60.5 Å². The predicted molar refractivity (Wildman–Crippen MR) is 213 cm³/mol. The zero-order valence-electron chi connectivity index (χ0n) is 30.0. The van der Waals surface area contributed by atoms with Gasteiger partial charge in [0.15, 0.2) is 0 Å². The van der Waals surface area contributed by atoms with Gasteiger partial charge in [0.2, 0.25) is 0 Å². The molecule has 53 heavy (non-hydrogen) atoms. The fraction of sp³-hybridized carbons (Fsp3) is 0.293. The van der Waals surface area contributed by atoms with Crippen molar-refractivity contribution in [3.8, 4) is 11.5 Å². The lowest BCUT2D eigenvalue weighted by atomic mass is 9.72. The van der Waals surface area contributed by atoms with Gasteiger partial charge in [0.05, 0.1) is 10.5 Å². The Morgan fingerprint density at radius 2 is 1.68 bits per heavy atom. The number of fused-ring (bicyclic) bond motifs is 1. The Hall–Kier alpha value is -4.42. The number of benzene rings is 4. The number of halogens is 1. The van der Waals surface area contributed by atoms with E-state index in [1.165, 1.54) is 47.2 Å². The van der Waals surface area contributed by atoms with Gasteiger partial charge in [0.25, 0.3) is 15.9 Å². The highest BCUT2D eigenvalue weighted by Crippen LogP contribution is 2.43. The highest BCUT2D eigenvalue weighted by Gasteiger charge is 2.30. The van der Waals surface area contributed by atoms with Gasteiger partial charge in [-0.15, -0.1) is 0 Å². The summed E-state index contributed by atoms with van der Waals surface area (Å²) < 4.78 is 46.8. The van der Waals surface area contributed by atoms with Gasteiger partial charge in [-0.05, 0) is 109 Å². The van der Waals surface area contributed by atoms with Crippen LogP contribution in [0.1, 0.15) is 49.0 Å². The molecule has 0 bridgehead atoms. The van der Waals surface area contributed by atoms with E-state index in [0.717, 1.165) is 73.6 Å². The van der Waals surface area contributed by atoms with Crippen molar-refractivity contribution in [2.75, 3.05) is 43.9 Å². The van der Waals surface area contributed by atoms with Crippen LogP contribution in [0.25, 0.3) is 16.5 Å². The lowest BCUT2D eigenvalue weighted by Gasteiger charge is -2.39. The van der Waals surface area contributed by atoms with E-state index in [1.807, 2.05) is 48.7 Å². The number of nitrogens with one attached hydrogen (secondary N) is 2. The molecule has 0 saturated carbocycles. The van der Waals surface area contributed by atoms with Crippen LogP contribution in [0.4, 0.5) is 5.69 Å². The minimum absolute atomic E-state index is 0.0818. The lowest BCUT2D eigenvalue weighted by molar-refractivity contribution is 0.0979. The van der Waals surface area contributed by atoms with Crippen molar-refractivity contribution in [1.29, 1.82) is 0 Å². The number of carbonyl (C=O) groups excluding carboxylic acids is 1. The monoisotopic (exact) mass is 770 g/mol. The minimum atomic E-state index is -4.22. The molecule has 12 heteroatoms. The maximum Gasteiger partial charge on any atom is 0.268 e. The quantitative estimate of drug-likeness (QED) is 0.147. The van der Waals surface area contributed by atoms with E-state index in [0.29, 0.717) is 10.6 Å². The van der Waals surface area contributed by atoms with E-state index >= 15 is 0 Å². The van der Waals surface area contributed by atoms with Gasteiger partial charge in [-0.1, -0.05) is 43.2 Å². The van der Waals surface area contributed by atoms with Crippen molar-refractivity contribution in [2.24, 2.45) is 5.41 Å². The number of nitrogens with zero attached hydrogens (tertiary/aromatic N) is 2. The minimum Gasteiger partial charge on any atom is -0.456 e. The molecular weight excluding hydrogens is 728 g/mol. The van der Waals surface area contributed by atoms with Gasteiger partial charge in [-0.2, -0.15) is 0 Å². The number of ether oxygens (including phenoxy) is 1. The van der Waals surface area contributed by atoms with Crippen LogP contribution >= 0.6 is 11.6 Å². The molecule has 1 unspecified atom stereocenters. The fourth-order valence-corrected chi connectivity index (χ4v) is 8.76. The van der Waals surface area contributed by atoms with Crippen molar-refractivity contribution in [2.45, 2.75) is 42.9 Å². The Bertz CT molecular complexity index is 2310. The number of sulfonamides is 1. The molecule has 5 aromatic rings. The van der Waals surface area contributed by atoms with Crippen LogP contribution in [-0.4, -0.2) is 67.4 Å². The summed E-state index contributed by atoms with van der Waals surface area (Å²) in [4.78, 5) is 22.0. The molecule has 1 amide bonds. The van der Waals surface area contributed by atoms with Gasteiger partial charge in [-0.25, -0.2) is 13.1 Å². The average Bonchev–Trinajstić information content (AvgIpc) is 3.61. The number of hydrogen-bond acceptors (Lipinski definition) is 7. The third kappa shape index (κ3) is 8.54. The number of amides is 1. The Morgan fingerprint density at radius 1 is 0.943 bits per heavy atom. The summed E-state index contributed by atoms with van der Waals surface area (Å²) in [6, 6.07) is 26.6. The van der Waals surface area contributed by atoms with E-state index in [9.17, 15) is 17.4 Å². The number of anilines is 1. The normalized spacial score (nSPS) is 17.2. The topological polar surface area (TPSA) is 112 Å². The Kier molecular flexibility index (Phi) is 10.5. The summed E-state index contributed by atoms with van der Waals surface area (Å²) in [6.45, 7) is 8.91. The molecule has 1 atom stereocenters. The molecule has 1 aliphatic heterocycles. The maximum absolute atomic E-state index is 13.6. The van der Waals surface area contributed by atoms with Crippen LogP contribution in [0.15, 0.2) is 113 Å². The Labute approximate surface area is 318 Å². The van der Waals surface area contributed by atoms with Gasteiger partial charge >= 0.3 is 0 Å². The number of hydrogen-bond donors (Lipinski definition) is 2. The molecule has 9 nitrogen and oxygen atoms in total. The van der Waals surface area contributed by atoms with Crippen LogP contribution in [0.3, 0.4) is 0 Å². The summed E-state index contributed by atoms with van der Waals surface area (Å²) in [7, 11) is -5.49. The van der Waals surface area contributed by atoms with Crippen LogP contribution in [-0.2, 0) is 20.8 Å². The molecule has 276 valence electrons. The van der Waals surface area contributed by atoms with E-state index in [-0.39, 0.29) is 21.6 Å².